The van der Waals surface area contributed by atoms with Crippen LogP contribution in [-0.4, -0.2) is 12.6 Å². The molecule has 0 aromatic heterocycles. The maximum Gasteiger partial charge on any atom is 0.142 e. The molecule has 0 bridgehead atoms. The van der Waals surface area contributed by atoms with Gasteiger partial charge in [-0.1, -0.05) is 26.0 Å². The van der Waals surface area contributed by atoms with Crippen molar-refractivity contribution in [2.75, 3.05) is 12.4 Å². The quantitative estimate of drug-likeness (QED) is 0.822. The van der Waals surface area contributed by atoms with Gasteiger partial charge in [0.15, 0.2) is 0 Å². The second-order valence-corrected chi connectivity index (χ2v) is 5.00. The van der Waals surface area contributed by atoms with Crippen LogP contribution in [0.2, 0.25) is 0 Å². The minimum absolute atomic E-state index is 0.182. The molecule has 1 heterocycles. The average molecular weight is 219 g/mol. The van der Waals surface area contributed by atoms with Gasteiger partial charge in [-0.05, 0) is 37.3 Å². The Morgan fingerprint density at radius 2 is 2.25 bits per heavy atom. The summed E-state index contributed by atoms with van der Waals surface area (Å²) < 4.78 is 5.42. The summed E-state index contributed by atoms with van der Waals surface area (Å²) in [5, 5.41) is 3.67. The average Bonchev–Trinajstić information content (AvgIpc) is 2.30. The van der Waals surface area contributed by atoms with Crippen LogP contribution < -0.4 is 10.1 Å². The zero-order valence-corrected chi connectivity index (χ0v) is 10.6. The number of hydrogen-bond donors (Lipinski definition) is 1. The molecule has 1 aromatic carbocycles. The maximum absolute atomic E-state index is 5.42. The van der Waals surface area contributed by atoms with Crippen molar-refractivity contribution in [3.8, 4) is 5.75 Å². The zero-order valence-electron chi connectivity index (χ0n) is 10.6. The summed E-state index contributed by atoms with van der Waals surface area (Å²) >= 11 is 0. The fraction of sp³-hybridized carbons (Fsp3) is 0.571. The fourth-order valence-electron chi connectivity index (χ4n) is 2.46. The molecule has 2 atom stereocenters. The van der Waals surface area contributed by atoms with Crippen LogP contribution in [0.15, 0.2) is 18.2 Å². The molecular formula is C14H21NO. The molecule has 0 fully saturated rings. The molecule has 1 aromatic rings. The van der Waals surface area contributed by atoms with Crippen LogP contribution in [0.25, 0.3) is 0 Å². The molecule has 0 spiro atoms. The molecule has 0 saturated carbocycles. The van der Waals surface area contributed by atoms with Gasteiger partial charge in [-0.2, -0.15) is 0 Å². The Bertz CT molecular complexity index is 388. The Labute approximate surface area is 98.0 Å². The highest BCUT2D eigenvalue weighted by Gasteiger charge is 2.35. The molecule has 1 aliphatic rings. The van der Waals surface area contributed by atoms with E-state index in [2.05, 4.69) is 38.2 Å². The number of benzene rings is 1. The molecule has 1 N–H and O–H groups in total. The molecule has 2 heteroatoms. The number of fused-ring (bicyclic) bond motifs is 1. The van der Waals surface area contributed by atoms with Crippen molar-refractivity contribution in [3.63, 3.8) is 0 Å². The monoisotopic (exact) mass is 219 g/mol. The van der Waals surface area contributed by atoms with Gasteiger partial charge in [-0.3, -0.25) is 0 Å². The summed E-state index contributed by atoms with van der Waals surface area (Å²) in [7, 11) is 1.73. The first kappa shape index (κ1) is 11.3. The normalized spacial score (nSPS) is 28.1. The van der Waals surface area contributed by atoms with Gasteiger partial charge in [-0.15, -0.1) is 0 Å². The van der Waals surface area contributed by atoms with Crippen molar-refractivity contribution in [3.05, 3.63) is 23.8 Å². The first-order chi connectivity index (χ1) is 7.60. The van der Waals surface area contributed by atoms with Crippen molar-refractivity contribution >= 4 is 5.69 Å². The molecule has 0 radical (unpaired) electrons. The van der Waals surface area contributed by atoms with Gasteiger partial charge in [0.1, 0.15) is 5.75 Å². The molecule has 2 nitrogen and oxygen atoms in total. The van der Waals surface area contributed by atoms with Gasteiger partial charge in [0.2, 0.25) is 0 Å². The number of hydrogen-bond acceptors (Lipinski definition) is 2. The second kappa shape index (κ2) is 4.00. The van der Waals surface area contributed by atoms with Crippen molar-refractivity contribution in [1.82, 2.24) is 0 Å². The molecule has 0 amide bonds. The third kappa shape index (κ3) is 1.66. The number of rotatable bonds is 2. The van der Waals surface area contributed by atoms with E-state index < -0.39 is 0 Å². The topological polar surface area (TPSA) is 21.3 Å². The highest BCUT2D eigenvalue weighted by atomic mass is 16.5. The minimum atomic E-state index is 0.182. The van der Waals surface area contributed by atoms with Gasteiger partial charge < -0.3 is 10.1 Å². The summed E-state index contributed by atoms with van der Waals surface area (Å²) in [5.74, 6) is 1.61. The van der Waals surface area contributed by atoms with Gasteiger partial charge in [0.25, 0.3) is 0 Å². The summed E-state index contributed by atoms with van der Waals surface area (Å²) in [6.45, 7) is 6.86. The van der Waals surface area contributed by atoms with Crippen LogP contribution in [0.3, 0.4) is 0 Å². The summed E-state index contributed by atoms with van der Waals surface area (Å²) in [4.78, 5) is 0. The van der Waals surface area contributed by atoms with E-state index in [0.717, 1.165) is 18.6 Å². The lowest BCUT2D eigenvalue weighted by atomic mass is 9.77. The van der Waals surface area contributed by atoms with E-state index >= 15 is 0 Å². The van der Waals surface area contributed by atoms with Gasteiger partial charge in [0.05, 0.1) is 12.8 Å². The lowest BCUT2D eigenvalue weighted by Gasteiger charge is -2.42. The fourth-order valence-corrected chi connectivity index (χ4v) is 2.46. The highest BCUT2D eigenvalue weighted by Crippen LogP contribution is 2.41. The van der Waals surface area contributed by atoms with E-state index in [1.54, 1.807) is 7.11 Å². The van der Waals surface area contributed by atoms with Gasteiger partial charge in [-0.25, -0.2) is 0 Å². The Hall–Kier alpha value is -1.18. The third-order valence-electron chi connectivity index (χ3n) is 4.09. The Balaban J connectivity index is 2.44. The van der Waals surface area contributed by atoms with E-state index in [-0.39, 0.29) is 5.54 Å². The molecule has 2 unspecified atom stereocenters. The van der Waals surface area contributed by atoms with Crippen LogP contribution >= 0.6 is 0 Å². The predicted octanol–water partition coefficient (Wildman–Crippen LogP) is 3.47. The number of para-hydroxylation sites is 1. The molecule has 2 rings (SSSR count). The Morgan fingerprint density at radius 1 is 1.50 bits per heavy atom. The van der Waals surface area contributed by atoms with Crippen LogP contribution in [0.4, 0.5) is 5.69 Å². The van der Waals surface area contributed by atoms with Crippen molar-refractivity contribution in [2.24, 2.45) is 5.92 Å². The zero-order chi connectivity index (χ0) is 11.8. The van der Waals surface area contributed by atoms with E-state index in [4.69, 9.17) is 4.74 Å². The van der Waals surface area contributed by atoms with E-state index in [1.165, 1.54) is 11.3 Å². The third-order valence-corrected chi connectivity index (χ3v) is 4.09. The van der Waals surface area contributed by atoms with Crippen molar-refractivity contribution in [2.45, 2.75) is 39.2 Å². The summed E-state index contributed by atoms with van der Waals surface area (Å²) in [6, 6.07) is 6.29. The number of anilines is 1. The molecule has 0 aliphatic carbocycles. The first-order valence-electron chi connectivity index (χ1n) is 6.04. The lowest BCUT2D eigenvalue weighted by molar-refractivity contribution is 0.319. The number of ether oxygens (including phenoxy) is 1. The second-order valence-electron chi connectivity index (χ2n) is 5.00. The molecule has 0 saturated heterocycles. The minimum Gasteiger partial charge on any atom is -0.495 e. The Kier molecular flexibility index (Phi) is 2.83. The molecule has 1 aliphatic heterocycles. The van der Waals surface area contributed by atoms with E-state index in [1.807, 2.05) is 6.07 Å². The highest BCUT2D eigenvalue weighted by molar-refractivity contribution is 5.65. The standard InChI is InChI=1S/C14H21NO/c1-5-14(3)10(2)9-11-7-6-8-12(16-4)13(11)15-14/h6-8,10,15H,5,9H2,1-4H3. The molecular weight excluding hydrogens is 198 g/mol. The summed E-state index contributed by atoms with van der Waals surface area (Å²) in [6.07, 6.45) is 2.26. The SMILES string of the molecule is CCC1(C)Nc2c(cccc2OC)CC1C. The van der Waals surface area contributed by atoms with E-state index in [9.17, 15) is 0 Å². The lowest BCUT2D eigenvalue weighted by Crippen LogP contribution is -2.45. The predicted molar refractivity (Wildman–Crippen MR) is 68.2 cm³/mol. The van der Waals surface area contributed by atoms with Crippen LogP contribution in [0.1, 0.15) is 32.8 Å². The van der Waals surface area contributed by atoms with Crippen molar-refractivity contribution in [1.29, 1.82) is 0 Å². The molecule has 16 heavy (non-hydrogen) atoms. The number of nitrogens with one attached hydrogen (secondary N) is 1. The van der Waals surface area contributed by atoms with Crippen LogP contribution in [0, 0.1) is 5.92 Å². The van der Waals surface area contributed by atoms with Gasteiger partial charge >= 0.3 is 0 Å². The first-order valence-corrected chi connectivity index (χ1v) is 6.04. The largest absolute Gasteiger partial charge is 0.495 e. The van der Waals surface area contributed by atoms with Crippen molar-refractivity contribution < 1.29 is 4.74 Å². The molecule has 88 valence electrons. The van der Waals surface area contributed by atoms with Crippen LogP contribution in [0.5, 0.6) is 5.75 Å². The van der Waals surface area contributed by atoms with Gasteiger partial charge in [0, 0.05) is 5.54 Å². The smallest absolute Gasteiger partial charge is 0.142 e. The van der Waals surface area contributed by atoms with E-state index in [0.29, 0.717) is 5.92 Å². The van der Waals surface area contributed by atoms with Crippen LogP contribution in [-0.2, 0) is 6.42 Å². The maximum atomic E-state index is 5.42. The Morgan fingerprint density at radius 3 is 2.88 bits per heavy atom. The summed E-state index contributed by atoms with van der Waals surface area (Å²) in [5.41, 5.74) is 2.74. The number of methoxy groups -OCH3 is 1.